The fourth-order valence-corrected chi connectivity index (χ4v) is 4.24. The number of nitrogens with zero attached hydrogens (tertiary/aromatic N) is 3. The van der Waals surface area contributed by atoms with Crippen molar-refractivity contribution in [1.82, 2.24) is 20.1 Å². The zero-order chi connectivity index (χ0) is 20.6. The van der Waals surface area contributed by atoms with Crippen LogP contribution >= 0.6 is 23.4 Å². The maximum Gasteiger partial charge on any atom is 0.230 e. The van der Waals surface area contributed by atoms with Gasteiger partial charge in [-0.1, -0.05) is 48.7 Å². The molecule has 0 radical (unpaired) electrons. The van der Waals surface area contributed by atoms with Crippen LogP contribution in [-0.2, 0) is 17.9 Å². The van der Waals surface area contributed by atoms with E-state index < -0.39 is 0 Å². The number of aromatic nitrogens is 3. The molecule has 1 heterocycles. The van der Waals surface area contributed by atoms with E-state index in [-0.39, 0.29) is 12.5 Å². The Labute approximate surface area is 181 Å². The van der Waals surface area contributed by atoms with Gasteiger partial charge >= 0.3 is 0 Å². The molecule has 3 rings (SSSR count). The summed E-state index contributed by atoms with van der Waals surface area (Å²) in [7, 11) is 0. The predicted octanol–water partition coefficient (Wildman–Crippen LogP) is 4.55. The summed E-state index contributed by atoms with van der Waals surface area (Å²) in [5.41, 5.74) is 0.956. The van der Waals surface area contributed by atoms with Gasteiger partial charge in [-0.2, -0.15) is 0 Å². The van der Waals surface area contributed by atoms with Crippen molar-refractivity contribution in [2.75, 3.05) is 5.75 Å². The monoisotopic (exact) mass is 434 g/mol. The summed E-state index contributed by atoms with van der Waals surface area (Å²) in [6.07, 6.45) is 7.60. The normalized spacial score (nSPS) is 14.6. The van der Waals surface area contributed by atoms with E-state index in [4.69, 9.17) is 16.3 Å². The van der Waals surface area contributed by atoms with E-state index in [2.05, 4.69) is 22.1 Å². The highest BCUT2D eigenvalue weighted by Gasteiger charge is 2.18. The standard InChI is InChI=1S/C21H27ClN4O2S/c1-3-11-26-19(13-28-17-9-10-18(22)15(2)12-17)24-25-21(26)29-14-20(27)23-16-7-5-4-6-8-16/h3,9-10,12,16H,1,4-8,11,13-14H2,2H3,(H,23,27). The molecule has 0 saturated heterocycles. The first-order chi connectivity index (χ1) is 14.1. The summed E-state index contributed by atoms with van der Waals surface area (Å²) in [6.45, 7) is 6.57. The molecule has 1 amide bonds. The summed E-state index contributed by atoms with van der Waals surface area (Å²) in [6, 6.07) is 5.85. The van der Waals surface area contributed by atoms with Crippen molar-refractivity contribution in [2.45, 2.75) is 63.4 Å². The second-order valence-electron chi connectivity index (χ2n) is 7.19. The van der Waals surface area contributed by atoms with Crippen molar-refractivity contribution in [3.63, 3.8) is 0 Å². The number of carbonyl (C=O) groups excluding carboxylic acids is 1. The molecule has 0 atom stereocenters. The minimum absolute atomic E-state index is 0.0458. The third-order valence-electron chi connectivity index (χ3n) is 4.91. The highest BCUT2D eigenvalue weighted by molar-refractivity contribution is 7.99. The Hall–Kier alpha value is -1.99. The molecular formula is C21H27ClN4O2S. The largest absolute Gasteiger partial charge is 0.486 e. The lowest BCUT2D eigenvalue weighted by Crippen LogP contribution is -2.37. The van der Waals surface area contributed by atoms with Crippen LogP contribution in [-0.4, -0.2) is 32.5 Å². The van der Waals surface area contributed by atoms with Crippen LogP contribution in [0, 0.1) is 6.92 Å². The molecule has 1 aliphatic rings. The van der Waals surface area contributed by atoms with Crippen LogP contribution in [0.5, 0.6) is 5.75 Å². The number of ether oxygens (including phenoxy) is 1. The second kappa shape index (κ2) is 10.7. The summed E-state index contributed by atoms with van der Waals surface area (Å²) in [5.74, 6) is 1.78. The number of halogens is 1. The van der Waals surface area contributed by atoms with E-state index in [1.165, 1.54) is 31.0 Å². The lowest BCUT2D eigenvalue weighted by Gasteiger charge is -2.22. The third-order valence-corrected chi connectivity index (χ3v) is 6.30. The topological polar surface area (TPSA) is 69.0 Å². The minimum atomic E-state index is 0.0458. The van der Waals surface area contributed by atoms with Crippen LogP contribution in [0.2, 0.25) is 5.02 Å². The minimum Gasteiger partial charge on any atom is -0.486 e. The number of rotatable bonds is 9. The lowest BCUT2D eigenvalue weighted by molar-refractivity contribution is -0.119. The first-order valence-corrected chi connectivity index (χ1v) is 11.3. The number of carbonyl (C=O) groups is 1. The quantitative estimate of drug-likeness (QED) is 0.463. The summed E-state index contributed by atoms with van der Waals surface area (Å²) in [4.78, 5) is 12.3. The smallest absolute Gasteiger partial charge is 0.230 e. The molecule has 0 unspecified atom stereocenters. The van der Waals surface area contributed by atoms with Crippen LogP contribution in [0.25, 0.3) is 0 Å². The Balaban J connectivity index is 1.57. The number of hydrogen-bond acceptors (Lipinski definition) is 5. The van der Waals surface area contributed by atoms with E-state index in [1.54, 1.807) is 6.08 Å². The van der Waals surface area contributed by atoms with E-state index in [0.29, 0.717) is 34.3 Å². The van der Waals surface area contributed by atoms with E-state index in [1.807, 2.05) is 29.7 Å². The van der Waals surface area contributed by atoms with Gasteiger partial charge in [-0.15, -0.1) is 16.8 Å². The molecule has 6 nitrogen and oxygen atoms in total. The van der Waals surface area contributed by atoms with Crippen LogP contribution in [0.1, 0.15) is 43.5 Å². The van der Waals surface area contributed by atoms with Crippen molar-refractivity contribution in [2.24, 2.45) is 0 Å². The van der Waals surface area contributed by atoms with E-state index in [9.17, 15) is 4.79 Å². The molecule has 29 heavy (non-hydrogen) atoms. The highest BCUT2D eigenvalue weighted by Crippen LogP contribution is 2.23. The molecule has 1 fully saturated rings. The van der Waals surface area contributed by atoms with Crippen molar-refractivity contribution in [1.29, 1.82) is 0 Å². The molecule has 1 aliphatic carbocycles. The zero-order valence-corrected chi connectivity index (χ0v) is 18.3. The maximum absolute atomic E-state index is 12.3. The summed E-state index contributed by atoms with van der Waals surface area (Å²) in [5, 5.41) is 13.0. The third kappa shape index (κ3) is 6.24. The van der Waals surface area contributed by atoms with Gasteiger partial charge < -0.3 is 10.1 Å². The SMILES string of the molecule is C=CCn1c(COc2ccc(Cl)c(C)c2)nnc1SCC(=O)NC1CCCCC1. The highest BCUT2D eigenvalue weighted by atomic mass is 35.5. The van der Waals surface area contributed by atoms with Gasteiger partial charge in [0.05, 0.1) is 5.75 Å². The molecule has 1 N–H and O–H groups in total. The van der Waals surface area contributed by atoms with Crippen molar-refractivity contribution < 1.29 is 9.53 Å². The predicted molar refractivity (Wildman–Crippen MR) is 116 cm³/mol. The van der Waals surface area contributed by atoms with Gasteiger partial charge in [0.2, 0.25) is 5.91 Å². The van der Waals surface area contributed by atoms with Gasteiger partial charge in [-0.25, -0.2) is 0 Å². The number of thioether (sulfide) groups is 1. The van der Waals surface area contributed by atoms with E-state index >= 15 is 0 Å². The fourth-order valence-electron chi connectivity index (χ4n) is 3.35. The van der Waals surface area contributed by atoms with Gasteiger partial charge in [0.25, 0.3) is 0 Å². The fraction of sp³-hybridized carbons (Fsp3) is 0.476. The zero-order valence-electron chi connectivity index (χ0n) is 16.7. The average Bonchev–Trinajstić information content (AvgIpc) is 3.10. The molecule has 0 spiro atoms. The van der Waals surface area contributed by atoms with Crippen molar-refractivity contribution >= 4 is 29.3 Å². The number of benzene rings is 1. The lowest BCUT2D eigenvalue weighted by atomic mass is 9.95. The van der Waals surface area contributed by atoms with Crippen LogP contribution in [0.3, 0.4) is 0 Å². The number of amides is 1. The maximum atomic E-state index is 12.3. The second-order valence-corrected chi connectivity index (χ2v) is 8.54. The molecule has 0 bridgehead atoms. The van der Waals surface area contributed by atoms with E-state index in [0.717, 1.165) is 24.2 Å². The molecule has 1 aromatic carbocycles. The molecular weight excluding hydrogens is 408 g/mol. The Morgan fingerprint density at radius 1 is 1.38 bits per heavy atom. The summed E-state index contributed by atoms with van der Waals surface area (Å²) >= 11 is 7.45. The first-order valence-electron chi connectivity index (χ1n) is 9.91. The number of hydrogen-bond donors (Lipinski definition) is 1. The Morgan fingerprint density at radius 3 is 2.90 bits per heavy atom. The van der Waals surface area contributed by atoms with Gasteiger partial charge in [0.1, 0.15) is 12.4 Å². The number of allylic oxidation sites excluding steroid dienone is 1. The molecule has 8 heteroatoms. The molecule has 2 aromatic rings. The van der Waals surface area contributed by atoms with Crippen molar-refractivity contribution in [3.8, 4) is 5.75 Å². The average molecular weight is 435 g/mol. The molecule has 1 saturated carbocycles. The van der Waals surface area contributed by atoms with Crippen LogP contribution in [0.15, 0.2) is 36.0 Å². The van der Waals surface area contributed by atoms with Crippen molar-refractivity contribution in [3.05, 3.63) is 47.3 Å². The first kappa shape index (κ1) is 21.7. The van der Waals surface area contributed by atoms with Gasteiger partial charge in [0, 0.05) is 17.6 Å². The van der Waals surface area contributed by atoms with Gasteiger partial charge in [0.15, 0.2) is 11.0 Å². The van der Waals surface area contributed by atoms with Crippen LogP contribution < -0.4 is 10.1 Å². The molecule has 156 valence electrons. The van der Waals surface area contributed by atoms with Gasteiger partial charge in [-0.05, 0) is 43.5 Å². The summed E-state index contributed by atoms with van der Waals surface area (Å²) < 4.78 is 7.77. The number of nitrogens with one attached hydrogen (secondary N) is 1. The Bertz CT molecular complexity index is 849. The molecule has 1 aromatic heterocycles. The Morgan fingerprint density at radius 2 is 2.17 bits per heavy atom. The Kier molecular flexibility index (Phi) is 8.00. The van der Waals surface area contributed by atoms with Gasteiger partial charge in [-0.3, -0.25) is 9.36 Å². The van der Waals surface area contributed by atoms with Crippen LogP contribution in [0.4, 0.5) is 0 Å². The number of aryl methyl sites for hydroxylation is 1. The molecule has 0 aliphatic heterocycles.